The maximum atomic E-state index is 12.1. The van der Waals surface area contributed by atoms with Crippen LogP contribution in [0.25, 0.3) is 10.9 Å². The van der Waals surface area contributed by atoms with Gasteiger partial charge in [0, 0.05) is 17.1 Å². The number of fused-ring (bicyclic) bond motifs is 1. The molecule has 3 aromatic rings. The molecule has 1 aliphatic rings. The van der Waals surface area contributed by atoms with Crippen molar-refractivity contribution in [3.63, 3.8) is 0 Å². The van der Waals surface area contributed by atoms with Crippen LogP contribution in [0.15, 0.2) is 54.6 Å². The number of aromatic nitrogens is 1. The van der Waals surface area contributed by atoms with Crippen LogP contribution in [0.5, 0.6) is 0 Å². The SMILES string of the molecule is C=S1C(=O)NC(=O)C1c1ccc2[nH]c(C(C)c3ccccc3)cc2c1. The number of hydrogen-bond acceptors (Lipinski definition) is 2. The number of carbonyl (C=O) groups is 2. The smallest absolute Gasteiger partial charge is 0.280 e. The summed E-state index contributed by atoms with van der Waals surface area (Å²) in [5, 5.41) is 2.65. The average molecular weight is 350 g/mol. The van der Waals surface area contributed by atoms with E-state index in [1.54, 1.807) is 0 Å². The van der Waals surface area contributed by atoms with Crippen molar-refractivity contribution in [3.05, 3.63) is 71.4 Å². The second-order valence-electron chi connectivity index (χ2n) is 6.29. The molecule has 1 aliphatic heterocycles. The predicted molar refractivity (Wildman–Crippen MR) is 103 cm³/mol. The number of aromatic amines is 1. The Morgan fingerprint density at radius 3 is 2.52 bits per heavy atom. The van der Waals surface area contributed by atoms with Gasteiger partial charge in [0.25, 0.3) is 5.24 Å². The second kappa shape index (κ2) is 6.01. The molecular weight excluding hydrogens is 332 g/mol. The van der Waals surface area contributed by atoms with Crippen molar-refractivity contribution in [2.24, 2.45) is 0 Å². The second-order valence-corrected chi connectivity index (χ2v) is 7.99. The standard InChI is InChI=1S/C20H18N2O2S/c1-12(13-6-4-3-5-7-13)17-11-15-10-14(8-9-16(15)21-17)18-19(23)22-20(24)25(18)2/h3-12,18,21H,2H2,1H3,(H,22,23,24). The third kappa shape index (κ3) is 2.70. The molecule has 126 valence electrons. The van der Waals surface area contributed by atoms with Gasteiger partial charge in [0.15, 0.2) is 0 Å². The monoisotopic (exact) mass is 350 g/mol. The molecule has 0 radical (unpaired) electrons. The Labute approximate surface area is 148 Å². The molecule has 1 fully saturated rings. The summed E-state index contributed by atoms with van der Waals surface area (Å²) in [6.45, 7) is 2.16. The molecule has 4 rings (SSSR count). The number of benzene rings is 2. The Hall–Kier alpha value is -2.66. The zero-order valence-electron chi connectivity index (χ0n) is 13.8. The van der Waals surface area contributed by atoms with E-state index < -0.39 is 15.7 Å². The van der Waals surface area contributed by atoms with Crippen molar-refractivity contribution in [2.75, 3.05) is 0 Å². The van der Waals surface area contributed by atoms with Crippen molar-refractivity contribution < 1.29 is 9.59 Å². The zero-order chi connectivity index (χ0) is 17.6. The summed E-state index contributed by atoms with van der Waals surface area (Å²) < 4.78 is 0. The van der Waals surface area contributed by atoms with Crippen LogP contribution < -0.4 is 5.32 Å². The molecule has 0 saturated carbocycles. The molecule has 1 aromatic heterocycles. The van der Waals surface area contributed by atoms with E-state index in [1.165, 1.54) is 5.56 Å². The summed E-state index contributed by atoms with van der Waals surface area (Å²) in [5.41, 5.74) is 4.23. The van der Waals surface area contributed by atoms with Crippen LogP contribution in [0.1, 0.15) is 34.9 Å². The fourth-order valence-corrected chi connectivity index (χ4v) is 4.51. The Bertz CT molecular complexity index is 1010. The fraction of sp³-hybridized carbons (Fsp3) is 0.150. The van der Waals surface area contributed by atoms with Gasteiger partial charge in [-0.3, -0.25) is 14.9 Å². The minimum absolute atomic E-state index is 0.246. The van der Waals surface area contributed by atoms with Gasteiger partial charge in [0.05, 0.1) is 0 Å². The maximum absolute atomic E-state index is 12.1. The number of hydrogen-bond donors (Lipinski definition) is 2. The highest BCUT2D eigenvalue weighted by Crippen LogP contribution is 2.40. The van der Waals surface area contributed by atoms with E-state index in [0.717, 1.165) is 22.2 Å². The van der Waals surface area contributed by atoms with Crippen molar-refractivity contribution >= 4 is 38.4 Å². The first-order chi connectivity index (χ1) is 12.0. The average Bonchev–Trinajstić information content (AvgIpc) is 3.15. The summed E-state index contributed by atoms with van der Waals surface area (Å²) in [4.78, 5) is 27.2. The molecule has 1 saturated heterocycles. The maximum Gasteiger partial charge on any atom is 0.280 e. The van der Waals surface area contributed by atoms with Crippen LogP contribution in [0.2, 0.25) is 0 Å². The summed E-state index contributed by atoms with van der Waals surface area (Å²) >= 11 is 0. The van der Waals surface area contributed by atoms with Gasteiger partial charge in [-0.15, -0.1) is 0 Å². The van der Waals surface area contributed by atoms with Crippen LogP contribution in [0.4, 0.5) is 4.79 Å². The van der Waals surface area contributed by atoms with Gasteiger partial charge < -0.3 is 4.98 Å². The summed E-state index contributed by atoms with van der Waals surface area (Å²) in [6, 6.07) is 18.3. The quantitative estimate of drug-likeness (QED) is 0.691. The van der Waals surface area contributed by atoms with Crippen molar-refractivity contribution in [2.45, 2.75) is 18.1 Å². The summed E-state index contributed by atoms with van der Waals surface area (Å²) in [7, 11) is -0.871. The molecule has 0 aliphatic carbocycles. The van der Waals surface area contributed by atoms with Gasteiger partial charge in [-0.2, -0.15) is 0 Å². The number of rotatable bonds is 3. The third-order valence-electron chi connectivity index (χ3n) is 4.72. The van der Waals surface area contributed by atoms with E-state index in [0.29, 0.717) is 0 Å². The van der Waals surface area contributed by atoms with Gasteiger partial charge in [-0.25, -0.2) is 0 Å². The lowest BCUT2D eigenvalue weighted by molar-refractivity contribution is -0.119. The van der Waals surface area contributed by atoms with Crippen LogP contribution in [0, 0.1) is 0 Å². The molecule has 2 N–H and O–H groups in total. The molecule has 0 spiro atoms. The number of imide groups is 1. The summed E-state index contributed by atoms with van der Waals surface area (Å²) in [5.74, 6) is 3.86. The van der Waals surface area contributed by atoms with Gasteiger partial charge >= 0.3 is 0 Å². The Balaban J connectivity index is 1.72. The molecule has 4 nitrogen and oxygen atoms in total. The van der Waals surface area contributed by atoms with E-state index in [2.05, 4.69) is 41.3 Å². The van der Waals surface area contributed by atoms with Gasteiger partial charge in [0.1, 0.15) is 5.25 Å². The first kappa shape index (κ1) is 15.8. The highest BCUT2D eigenvalue weighted by Gasteiger charge is 2.35. The Morgan fingerprint density at radius 2 is 1.84 bits per heavy atom. The van der Waals surface area contributed by atoms with Crippen LogP contribution in [0.3, 0.4) is 0 Å². The van der Waals surface area contributed by atoms with Crippen molar-refractivity contribution in [1.82, 2.24) is 10.3 Å². The Morgan fingerprint density at radius 1 is 1.08 bits per heavy atom. The highest BCUT2D eigenvalue weighted by molar-refractivity contribution is 8.28. The number of amides is 2. The number of carbonyl (C=O) groups excluding carboxylic acids is 2. The lowest BCUT2D eigenvalue weighted by atomic mass is 9.98. The van der Waals surface area contributed by atoms with Gasteiger partial charge in [-0.05, 0) is 34.7 Å². The molecule has 5 heteroatoms. The van der Waals surface area contributed by atoms with E-state index in [9.17, 15) is 9.59 Å². The molecule has 3 atom stereocenters. The fourth-order valence-electron chi connectivity index (χ4n) is 3.27. The highest BCUT2D eigenvalue weighted by atomic mass is 32.2. The topological polar surface area (TPSA) is 62.0 Å². The summed E-state index contributed by atoms with van der Waals surface area (Å²) in [6.07, 6.45) is 0. The largest absolute Gasteiger partial charge is 0.358 e. The van der Waals surface area contributed by atoms with Crippen LogP contribution >= 0.6 is 10.5 Å². The zero-order valence-corrected chi connectivity index (χ0v) is 14.6. The minimum atomic E-state index is -0.871. The minimum Gasteiger partial charge on any atom is -0.358 e. The van der Waals surface area contributed by atoms with Crippen LogP contribution in [-0.2, 0) is 4.79 Å². The molecule has 2 aromatic carbocycles. The molecule has 0 bridgehead atoms. The molecule has 2 heterocycles. The van der Waals surface area contributed by atoms with Crippen molar-refractivity contribution in [3.8, 4) is 0 Å². The first-order valence-electron chi connectivity index (χ1n) is 8.09. The van der Waals surface area contributed by atoms with E-state index in [-0.39, 0.29) is 17.1 Å². The molecule has 25 heavy (non-hydrogen) atoms. The van der Waals surface area contributed by atoms with E-state index in [1.807, 2.05) is 36.4 Å². The van der Waals surface area contributed by atoms with E-state index >= 15 is 0 Å². The van der Waals surface area contributed by atoms with Crippen LogP contribution in [-0.4, -0.2) is 22.0 Å². The third-order valence-corrected chi connectivity index (χ3v) is 6.35. The first-order valence-corrected chi connectivity index (χ1v) is 9.55. The molecular formula is C20H18N2O2S. The normalized spacial score (nSPS) is 21.5. The van der Waals surface area contributed by atoms with Crippen molar-refractivity contribution in [1.29, 1.82) is 0 Å². The van der Waals surface area contributed by atoms with Gasteiger partial charge in [0.2, 0.25) is 5.91 Å². The van der Waals surface area contributed by atoms with E-state index in [4.69, 9.17) is 0 Å². The lowest BCUT2D eigenvalue weighted by Gasteiger charge is -2.09. The molecule has 3 unspecified atom stereocenters. The number of nitrogens with one attached hydrogen (secondary N) is 2. The predicted octanol–water partition coefficient (Wildman–Crippen LogP) is 4.31. The number of H-pyrrole nitrogens is 1. The van der Waals surface area contributed by atoms with Gasteiger partial charge in [-0.1, -0.05) is 59.7 Å². The molecule has 2 amide bonds. The Kier molecular flexibility index (Phi) is 3.81. The lowest BCUT2D eigenvalue weighted by Crippen LogP contribution is -2.20.